The van der Waals surface area contributed by atoms with Crippen LogP contribution < -0.4 is 4.74 Å². The average molecular weight is 324 g/mol. The molecule has 4 rings (SSSR count). The molecule has 1 aromatic carbocycles. The lowest BCUT2D eigenvalue weighted by atomic mass is 9.52. The predicted molar refractivity (Wildman–Crippen MR) is 90.4 cm³/mol. The minimum absolute atomic E-state index is 0. The zero-order valence-electron chi connectivity index (χ0n) is 13.5. The van der Waals surface area contributed by atoms with Crippen molar-refractivity contribution < 1.29 is 9.38 Å². The standard InChI is InChI=1S/C18H25NO2.ClH/c1-19(20)10-9-18-8-4-3-5-15(18)17(19)11-13-6-7-14(21-2)12-16(13)18;/h6-7,12,15,17H,3-5,8-11H2,1-2H3;1H/t15-,17+,18+,19?;/m1./s1. The van der Waals surface area contributed by atoms with Gasteiger partial charge in [0.2, 0.25) is 0 Å². The molecular formula is C18H26ClNO2. The summed E-state index contributed by atoms with van der Waals surface area (Å²) < 4.78 is 5.44. The number of benzene rings is 1. The van der Waals surface area contributed by atoms with Crippen LogP contribution in [0.3, 0.4) is 0 Å². The zero-order chi connectivity index (χ0) is 14.7. The van der Waals surface area contributed by atoms with E-state index in [0.29, 0.717) is 5.92 Å². The highest BCUT2D eigenvalue weighted by Gasteiger charge is 2.57. The monoisotopic (exact) mass is 323 g/mol. The molecule has 4 atom stereocenters. The SMILES string of the molecule is COc1ccc2c(c1)[C@]13CCCC[C@@H]1[C@H](C2)[N+](C)([O-])CC3.Cl. The maximum absolute atomic E-state index is 13.0. The molecule has 1 unspecified atom stereocenters. The Balaban J connectivity index is 0.00000144. The molecular weight excluding hydrogens is 298 g/mol. The number of piperidine rings is 1. The van der Waals surface area contributed by atoms with Gasteiger partial charge in [-0.25, -0.2) is 0 Å². The molecule has 2 fully saturated rings. The van der Waals surface area contributed by atoms with Gasteiger partial charge >= 0.3 is 0 Å². The Kier molecular flexibility index (Phi) is 3.95. The van der Waals surface area contributed by atoms with Crippen LogP contribution in [0, 0.1) is 11.1 Å². The van der Waals surface area contributed by atoms with Crippen molar-refractivity contribution >= 4 is 12.4 Å². The molecule has 1 aliphatic heterocycles. The first-order valence-corrected chi connectivity index (χ1v) is 8.30. The van der Waals surface area contributed by atoms with Gasteiger partial charge in [-0.3, -0.25) is 0 Å². The first kappa shape index (κ1) is 16.1. The molecule has 3 aliphatic rings. The number of likely N-dealkylation sites (tertiary alicyclic amines) is 1. The third-order valence-corrected chi connectivity index (χ3v) is 6.55. The maximum atomic E-state index is 13.0. The van der Waals surface area contributed by atoms with Crippen molar-refractivity contribution in [3.63, 3.8) is 0 Å². The van der Waals surface area contributed by atoms with Crippen LogP contribution in [0.1, 0.15) is 43.2 Å². The number of fused-ring (bicyclic) bond motifs is 1. The van der Waals surface area contributed by atoms with Crippen LogP contribution in [0.4, 0.5) is 0 Å². The second kappa shape index (κ2) is 5.40. The number of hydrogen-bond acceptors (Lipinski definition) is 2. The lowest BCUT2D eigenvalue weighted by Crippen LogP contribution is -2.66. The number of likely N-dealkylation sites (N-methyl/N-ethyl adjacent to an activating group) is 1. The molecule has 0 aromatic heterocycles. The van der Waals surface area contributed by atoms with Crippen molar-refractivity contribution in [2.24, 2.45) is 5.92 Å². The molecule has 0 N–H and O–H groups in total. The molecule has 0 radical (unpaired) electrons. The van der Waals surface area contributed by atoms with E-state index in [9.17, 15) is 5.21 Å². The van der Waals surface area contributed by atoms with Crippen LogP contribution in [0.5, 0.6) is 5.75 Å². The Morgan fingerprint density at radius 1 is 1.27 bits per heavy atom. The molecule has 1 aromatic rings. The summed E-state index contributed by atoms with van der Waals surface area (Å²) in [6.45, 7) is 0.776. The third-order valence-electron chi connectivity index (χ3n) is 6.55. The van der Waals surface area contributed by atoms with Crippen LogP contribution >= 0.6 is 12.4 Å². The van der Waals surface area contributed by atoms with Gasteiger partial charge in [0.15, 0.2) is 0 Å². The number of halogens is 1. The fraction of sp³-hybridized carbons (Fsp3) is 0.667. The molecule has 122 valence electrons. The predicted octanol–water partition coefficient (Wildman–Crippen LogP) is 3.82. The van der Waals surface area contributed by atoms with Gasteiger partial charge in [0, 0.05) is 24.2 Å². The van der Waals surface area contributed by atoms with E-state index < -0.39 is 0 Å². The summed E-state index contributed by atoms with van der Waals surface area (Å²) in [6.07, 6.45) is 7.09. The van der Waals surface area contributed by atoms with Crippen molar-refractivity contribution in [3.8, 4) is 5.75 Å². The minimum atomic E-state index is -0.0299. The quantitative estimate of drug-likeness (QED) is 0.581. The normalized spacial score (nSPS) is 39.2. The molecule has 1 heterocycles. The summed E-state index contributed by atoms with van der Waals surface area (Å²) in [6, 6.07) is 6.80. The summed E-state index contributed by atoms with van der Waals surface area (Å²) in [5, 5.41) is 13.0. The van der Waals surface area contributed by atoms with E-state index in [0.717, 1.165) is 25.1 Å². The smallest absolute Gasteiger partial charge is 0.119 e. The van der Waals surface area contributed by atoms with Crippen LogP contribution in [-0.2, 0) is 11.8 Å². The summed E-state index contributed by atoms with van der Waals surface area (Å²) in [5.74, 6) is 1.54. The lowest BCUT2D eigenvalue weighted by Gasteiger charge is -2.63. The second-order valence-corrected chi connectivity index (χ2v) is 7.45. The van der Waals surface area contributed by atoms with Crippen molar-refractivity contribution in [2.45, 2.75) is 50.0 Å². The van der Waals surface area contributed by atoms with E-state index in [1.165, 1.54) is 36.8 Å². The van der Waals surface area contributed by atoms with Crippen molar-refractivity contribution in [2.75, 3.05) is 20.7 Å². The van der Waals surface area contributed by atoms with Crippen molar-refractivity contribution in [1.29, 1.82) is 0 Å². The number of rotatable bonds is 1. The minimum Gasteiger partial charge on any atom is -0.633 e. The molecule has 0 spiro atoms. The lowest BCUT2D eigenvalue weighted by molar-refractivity contribution is -0.899. The van der Waals surface area contributed by atoms with E-state index in [1.807, 2.05) is 7.05 Å². The van der Waals surface area contributed by atoms with Crippen molar-refractivity contribution in [3.05, 3.63) is 34.5 Å². The van der Waals surface area contributed by atoms with E-state index in [4.69, 9.17) is 4.74 Å². The Morgan fingerprint density at radius 2 is 2.09 bits per heavy atom. The van der Waals surface area contributed by atoms with Gasteiger partial charge in [0.25, 0.3) is 0 Å². The number of hydrogen-bond donors (Lipinski definition) is 0. The molecule has 2 aliphatic carbocycles. The summed E-state index contributed by atoms with van der Waals surface area (Å²) >= 11 is 0. The van der Waals surface area contributed by atoms with Gasteiger partial charge in [-0.1, -0.05) is 18.9 Å². The largest absolute Gasteiger partial charge is 0.633 e. The highest BCUT2D eigenvalue weighted by molar-refractivity contribution is 5.85. The average Bonchev–Trinajstić information content (AvgIpc) is 2.51. The molecule has 0 amide bonds. The number of ether oxygens (including phenoxy) is 1. The first-order valence-electron chi connectivity index (χ1n) is 8.30. The Hall–Kier alpha value is -0.770. The Labute approximate surface area is 139 Å². The van der Waals surface area contributed by atoms with E-state index >= 15 is 0 Å². The highest BCUT2D eigenvalue weighted by atomic mass is 35.5. The molecule has 22 heavy (non-hydrogen) atoms. The van der Waals surface area contributed by atoms with Crippen LogP contribution in [0.25, 0.3) is 0 Å². The number of nitrogens with zero attached hydrogens (tertiary/aromatic N) is 1. The van der Waals surface area contributed by atoms with Gasteiger partial charge < -0.3 is 14.6 Å². The first-order chi connectivity index (χ1) is 10.1. The van der Waals surface area contributed by atoms with Gasteiger partial charge in [0.05, 0.1) is 26.7 Å². The molecule has 1 saturated heterocycles. The van der Waals surface area contributed by atoms with Gasteiger partial charge in [-0.2, -0.15) is 0 Å². The van der Waals surface area contributed by atoms with Gasteiger partial charge in [0.1, 0.15) is 5.75 Å². The van der Waals surface area contributed by atoms with Crippen molar-refractivity contribution in [1.82, 2.24) is 0 Å². The fourth-order valence-corrected chi connectivity index (χ4v) is 5.46. The van der Waals surface area contributed by atoms with Crippen LogP contribution in [0.15, 0.2) is 18.2 Å². The van der Waals surface area contributed by atoms with Gasteiger partial charge in [-0.15, -0.1) is 12.4 Å². The number of quaternary nitrogens is 1. The third kappa shape index (κ3) is 2.10. The highest BCUT2D eigenvalue weighted by Crippen LogP contribution is 2.57. The topological polar surface area (TPSA) is 32.3 Å². The summed E-state index contributed by atoms with van der Waals surface area (Å²) in [4.78, 5) is 0. The molecule has 3 nitrogen and oxygen atoms in total. The second-order valence-electron chi connectivity index (χ2n) is 7.45. The van der Waals surface area contributed by atoms with E-state index in [-0.39, 0.29) is 28.5 Å². The fourth-order valence-electron chi connectivity index (χ4n) is 5.46. The number of hydroxylamine groups is 3. The molecule has 2 bridgehead atoms. The van der Waals surface area contributed by atoms with Crippen LogP contribution in [0.2, 0.25) is 0 Å². The Morgan fingerprint density at radius 3 is 2.86 bits per heavy atom. The summed E-state index contributed by atoms with van der Waals surface area (Å²) in [7, 11) is 3.65. The van der Waals surface area contributed by atoms with Gasteiger partial charge in [-0.05, 0) is 36.1 Å². The number of methoxy groups -OCH3 is 1. The maximum Gasteiger partial charge on any atom is 0.119 e. The zero-order valence-corrected chi connectivity index (χ0v) is 14.3. The molecule has 1 saturated carbocycles. The van der Waals surface area contributed by atoms with E-state index in [1.54, 1.807) is 7.11 Å². The summed E-state index contributed by atoms with van der Waals surface area (Å²) in [5.41, 5.74) is 3.16. The Bertz CT molecular complexity index is 574. The van der Waals surface area contributed by atoms with Crippen LogP contribution in [-0.4, -0.2) is 31.4 Å². The van der Waals surface area contributed by atoms with E-state index in [2.05, 4.69) is 18.2 Å². The molecule has 4 heteroatoms.